The Labute approximate surface area is 117 Å². The van der Waals surface area contributed by atoms with Crippen molar-refractivity contribution in [3.63, 3.8) is 0 Å². The molecule has 0 rings (SSSR count). The van der Waals surface area contributed by atoms with Gasteiger partial charge in [-0.15, -0.1) is 0 Å². The number of ether oxygens (including phenoxy) is 1. The third kappa shape index (κ3) is 4.31. The minimum atomic E-state index is -6.05. The first kappa shape index (κ1) is 19.1. The molecule has 0 bridgehead atoms. The SMILES string of the molecule is O=C(O)C(F)(OC(F)=C(F)C(F)(F)F)C(F)C(F)(F)I. The van der Waals surface area contributed by atoms with Crippen LogP contribution in [0.5, 0.6) is 0 Å². The van der Waals surface area contributed by atoms with Crippen molar-refractivity contribution in [2.24, 2.45) is 0 Å². The Hall–Kier alpha value is -0.890. The summed E-state index contributed by atoms with van der Waals surface area (Å²) in [6.07, 6.45) is -10.5. The molecule has 0 aliphatic heterocycles. The van der Waals surface area contributed by atoms with Crippen molar-refractivity contribution in [3.8, 4) is 0 Å². The first-order chi connectivity index (χ1) is 8.64. The van der Waals surface area contributed by atoms with Gasteiger partial charge in [-0.3, -0.25) is 0 Å². The predicted octanol–water partition coefficient (Wildman–Crippen LogP) is 3.79. The van der Waals surface area contributed by atoms with Crippen LogP contribution in [0.2, 0.25) is 0 Å². The fourth-order valence-corrected chi connectivity index (χ4v) is 1.10. The highest BCUT2D eigenvalue weighted by molar-refractivity contribution is 14.1. The van der Waals surface area contributed by atoms with Crippen LogP contribution >= 0.6 is 22.6 Å². The molecule has 1 N–H and O–H groups in total. The number of carboxylic acids is 1. The van der Waals surface area contributed by atoms with Crippen molar-refractivity contribution in [2.75, 3.05) is 0 Å². The largest absolute Gasteiger partial charge is 0.476 e. The van der Waals surface area contributed by atoms with Crippen molar-refractivity contribution in [1.82, 2.24) is 0 Å². The molecule has 20 heavy (non-hydrogen) atoms. The van der Waals surface area contributed by atoms with Gasteiger partial charge in [0.1, 0.15) is 0 Å². The summed E-state index contributed by atoms with van der Waals surface area (Å²) in [5.41, 5.74) is 0. The van der Waals surface area contributed by atoms with Crippen LogP contribution in [-0.4, -0.2) is 33.2 Å². The molecule has 0 heterocycles. The average Bonchev–Trinajstić information content (AvgIpc) is 2.23. The lowest BCUT2D eigenvalue weighted by atomic mass is 10.2. The van der Waals surface area contributed by atoms with E-state index in [9.17, 15) is 44.3 Å². The zero-order chi connectivity index (χ0) is 16.5. The highest BCUT2D eigenvalue weighted by Gasteiger charge is 2.62. The number of alkyl halides is 8. The molecule has 3 nitrogen and oxygen atoms in total. The van der Waals surface area contributed by atoms with E-state index in [4.69, 9.17) is 5.11 Å². The van der Waals surface area contributed by atoms with Gasteiger partial charge in [0.05, 0.1) is 0 Å². The fraction of sp³-hybridized carbons (Fsp3) is 0.571. The van der Waals surface area contributed by atoms with Crippen LogP contribution in [0.3, 0.4) is 0 Å². The van der Waals surface area contributed by atoms with E-state index in [1.54, 1.807) is 0 Å². The molecule has 0 aromatic rings. The van der Waals surface area contributed by atoms with E-state index >= 15 is 0 Å². The second kappa shape index (κ2) is 5.85. The Morgan fingerprint density at radius 3 is 1.75 bits per heavy atom. The van der Waals surface area contributed by atoms with Gasteiger partial charge in [0.25, 0.3) is 12.0 Å². The third-order valence-electron chi connectivity index (χ3n) is 1.56. The molecule has 0 aliphatic carbocycles. The Balaban J connectivity index is 5.62. The quantitative estimate of drug-likeness (QED) is 0.312. The number of carboxylic acid groups (broad SMARTS) is 1. The van der Waals surface area contributed by atoms with Crippen LogP contribution < -0.4 is 0 Å². The molecule has 0 spiro atoms. The second-order valence-electron chi connectivity index (χ2n) is 3.04. The van der Waals surface area contributed by atoms with Gasteiger partial charge in [-0.05, 0) is 0 Å². The van der Waals surface area contributed by atoms with Gasteiger partial charge in [0.2, 0.25) is 0 Å². The van der Waals surface area contributed by atoms with Crippen molar-refractivity contribution >= 4 is 28.6 Å². The van der Waals surface area contributed by atoms with Crippen LogP contribution in [0.25, 0.3) is 0 Å². The lowest BCUT2D eigenvalue weighted by Crippen LogP contribution is -2.51. The van der Waals surface area contributed by atoms with Gasteiger partial charge in [0, 0.05) is 22.6 Å². The summed E-state index contributed by atoms with van der Waals surface area (Å²) >= 11 is -0.105. The first-order valence-corrected chi connectivity index (χ1v) is 5.16. The molecular formula is C7H2F9IO3. The maximum atomic E-state index is 13.3. The molecule has 0 fully saturated rings. The van der Waals surface area contributed by atoms with Crippen LogP contribution in [0.4, 0.5) is 39.5 Å². The molecule has 0 radical (unpaired) electrons. The zero-order valence-electron chi connectivity index (χ0n) is 8.62. The smallest absolute Gasteiger partial charge is 0.449 e. The molecule has 0 amide bonds. The van der Waals surface area contributed by atoms with Gasteiger partial charge in [-0.25, -0.2) is 9.18 Å². The summed E-state index contributed by atoms with van der Waals surface area (Å²) in [4.78, 5) is 10.2. The standard InChI is InChI=1S/C7H2F9IO3/c8-1(6(12,13)14)2(9)20-5(11,4(18)19)3(10)7(15,16)17/h3H,(H,18,19). The highest BCUT2D eigenvalue weighted by Crippen LogP contribution is 2.41. The molecule has 0 aromatic heterocycles. The fourth-order valence-electron chi connectivity index (χ4n) is 0.701. The first-order valence-electron chi connectivity index (χ1n) is 4.08. The molecule has 0 aromatic carbocycles. The number of carbonyl (C=O) groups is 1. The summed E-state index contributed by atoms with van der Waals surface area (Å²) < 4.78 is 109. The van der Waals surface area contributed by atoms with Gasteiger partial charge in [0.15, 0.2) is 0 Å². The summed E-state index contributed by atoms with van der Waals surface area (Å²) in [6.45, 7) is 0. The number of allylic oxidation sites excluding steroid dienone is 1. The molecule has 0 saturated carbocycles. The van der Waals surface area contributed by atoms with E-state index in [0.717, 1.165) is 0 Å². The molecule has 2 unspecified atom stereocenters. The molecule has 2 atom stereocenters. The van der Waals surface area contributed by atoms with E-state index in [-0.39, 0.29) is 22.6 Å². The average molecular weight is 432 g/mol. The maximum absolute atomic E-state index is 13.3. The Bertz CT molecular complexity index is 415. The van der Waals surface area contributed by atoms with Gasteiger partial charge < -0.3 is 9.84 Å². The summed E-state index contributed by atoms with van der Waals surface area (Å²) in [6, 6.07) is -3.54. The monoisotopic (exact) mass is 432 g/mol. The Morgan fingerprint density at radius 1 is 1.10 bits per heavy atom. The molecule has 13 heteroatoms. The number of rotatable bonds is 5. The van der Waals surface area contributed by atoms with Crippen LogP contribution in [-0.2, 0) is 9.53 Å². The highest BCUT2D eigenvalue weighted by atomic mass is 127. The minimum absolute atomic E-state index is 0.105. The summed E-state index contributed by atoms with van der Waals surface area (Å²) in [5, 5.41) is 8.13. The normalized spacial score (nSPS) is 18.9. The predicted molar refractivity (Wildman–Crippen MR) is 51.7 cm³/mol. The van der Waals surface area contributed by atoms with E-state index in [1.165, 1.54) is 0 Å². The van der Waals surface area contributed by atoms with Gasteiger partial charge in [-0.1, -0.05) is 0 Å². The number of halogens is 10. The zero-order valence-corrected chi connectivity index (χ0v) is 10.8. The second-order valence-corrected chi connectivity index (χ2v) is 4.48. The molecule has 118 valence electrons. The van der Waals surface area contributed by atoms with Gasteiger partial charge in [-0.2, -0.15) is 35.1 Å². The molecule has 0 saturated heterocycles. The van der Waals surface area contributed by atoms with Crippen molar-refractivity contribution in [2.45, 2.75) is 22.1 Å². The number of hydrogen-bond donors (Lipinski definition) is 1. The molecular weight excluding hydrogens is 430 g/mol. The lowest BCUT2D eigenvalue weighted by molar-refractivity contribution is -0.228. The van der Waals surface area contributed by atoms with Crippen LogP contribution in [0, 0.1) is 0 Å². The van der Waals surface area contributed by atoms with E-state index < -0.39 is 39.9 Å². The van der Waals surface area contributed by atoms with E-state index in [2.05, 4.69) is 4.74 Å². The van der Waals surface area contributed by atoms with Crippen molar-refractivity contribution < 1.29 is 54.2 Å². The topological polar surface area (TPSA) is 46.5 Å². The summed E-state index contributed by atoms with van der Waals surface area (Å²) in [7, 11) is 0. The Morgan fingerprint density at radius 2 is 1.50 bits per heavy atom. The maximum Gasteiger partial charge on any atom is 0.449 e. The minimum Gasteiger partial charge on any atom is -0.476 e. The number of aliphatic carboxylic acids is 1. The lowest BCUT2D eigenvalue weighted by Gasteiger charge is -2.26. The Kier molecular flexibility index (Phi) is 5.59. The van der Waals surface area contributed by atoms with Gasteiger partial charge >= 0.3 is 27.9 Å². The van der Waals surface area contributed by atoms with E-state index in [0.29, 0.717) is 0 Å². The summed E-state index contributed by atoms with van der Waals surface area (Å²) in [5.74, 6) is -12.2. The van der Waals surface area contributed by atoms with Crippen molar-refractivity contribution in [1.29, 1.82) is 0 Å². The molecule has 0 aliphatic rings. The van der Waals surface area contributed by atoms with Crippen LogP contribution in [0.1, 0.15) is 0 Å². The number of hydrogen-bond acceptors (Lipinski definition) is 2. The van der Waals surface area contributed by atoms with E-state index in [1.807, 2.05) is 0 Å². The van der Waals surface area contributed by atoms with Crippen molar-refractivity contribution in [3.05, 3.63) is 11.8 Å². The van der Waals surface area contributed by atoms with Crippen LogP contribution in [0.15, 0.2) is 11.8 Å². The third-order valence-corrected chi connectivity index (χ3v) is 2.11.